The number of rotatable bonds is 3. The molecular weight excluding hydrogens is 358 g/mol. The minimum absolute atomic E-state index is 0.279. The Hall–Kier alpha value is -2.03. The van der Waals surface area contributed by atoms with Crippen molar-refractivity contribution in [3.63, 3.8) is 0 Å². The van der Waals surface area contributed by atoms with E-state index in [4.69, 9.17) is 9.47 Å². The molecule has 1 amide bonds. The summed E-state index contributed by atoms with van der Waals surface area (Å²) in [5.74, 6) is -0.179. The van der Waals surface area contributed by atoms with Crippen LogP contribution in [-0.2, 0) is 30.5 Å². The minimum atomic E-state index is -1.29. The van der Waals surface area contributed by atoms with Crippen molar-refractivity contribution in [3.05, 3.63) is 18.1 Å². The predicted octanol–water partition coefficient (Wildman–Crippen LogP) is 1.66. The van der Waals surface area contributed by atoms with Gasteiger partial charge in [-0.3, -0.25) is 9.00 Å². The molecule has 0 aliphatic carbocycles. The maximum Gasteiger partial charge on any atom is 0.410 e. The fourth-order valence-electron chi connectivity index (χ4n) is 2.84. The van der Waals surface area contributed by atoms with Gasteiger partial charge in [-0.25, -0.2) is 14.8 Å². The van der Waals surface area contributed by atoms with Gasteiger partial charge in [0.1, 0.15) is 21.9 Å². The molecule has 1 atom stereocenters. The van der Waals surface area contributed by atoms with Crippen LogP contribution in [0, 0.1) is 0 Å². The van der Waals surface area contributed by atoms with E-state index in [1.54, 1.807) is 31.7 Å². The molecule has 2 heterocycles. The largest absolute Gasteiger partial charge is 0.468 e. The Morgan fingerprint density at radius 1 is 1.27 bits per heavy atom. The molecule has 8 nitrogen and oxygen atoms in total. The van der Waals surface area contributed by atoms with E-state index >= 15 is 0 Å². The summed E-state index contributed by atoms with van der Waals surface area (Å²) in [4.78, 5) is 34.9. The highest BCUT2D eigenvalue weighted by molar-refractivity contribution is 7.84. The Bertz CT molecular complexity index is 709. The minimum Gasteiger partial charge on any atom is -0.468 e. The van der Waals surface area contributed by atoms with Crippen LogP contribution in [0.25, 0.3) is 0 Å². The van der Waals surface area contributed by atoms with Gasteiger partial charge >= 0.3 is 12.1 Å². The number of hydrogen-bond acceptors (Lipinski definition) is 7. The lowest BCUT2D eigenvalue weighted by atomic mass is 9.77. The molecule has 1 fully saturated rings. The molecule has 1 aromatic heterocycles. The monoisotopic (exact) mass is 383 g/mol. The molecule has 0 radical (unpaired) electrons. The predicted molar refractivity (Wildman–Crippen MR) is 95.1 cm³/mol. The maximum absolute atomic E-state index is 12.6. The normalized spacial score (nSPS) is 18.1. The van der Waals surface area contributed by atoms with E-state index in [-0.39, 0.29) is 5.82 Å². The highest BCUT2D eigenvalue weighted by Crippen LogP contribution is 2.35. The summed E-state index contributed by atoms with van der Waals surface area (Å²) in [5, 5.41) is 0.354. The van der Waals surface area contributed by atoms with Crippen LogP contribution < -0.4 is 0 Å². The van der Waals surface area contributed by atoms with E-state index in [0.29, 0.717) is 31.0 Å². The Balaban J connectivity index is 2.26. The van der Waals surface area contributed by atoms with Crippen molar-refractivity contribution in [1.29, 1.82) is 0 Å². The number of amides is 1. The molecule has 0 bridgehead atoms. The fourth-order valence-corrected chi connectivity index (χ4v) is 3.31. The summed E-state index contributed by atoms with van der Waals surface area (Å²) in [6, 6.07) is 1.56. The number of carbonyl (C=O) groups is 2. The summed E-state index contributed by atoms with van der Waals surface area (Å²) >= 11 is 0. The van der Waals surface area contributed by atoms with E-state index in [2.05, 4.69) is 9.97 Å². The highest BCUT2D eigenvalue weighted by atomic mass is 32.2. The average Bonchev–Trinajstić information content (AvgIpc) is 2.59. The Kier molecular flexibility index (Phi) is 6.00. The van der Waals surface area contributed by atoms with Crippen LogP contribution in [0.2, 0.25) is 0 Å². The number of ether oxygens (including phenoxy) is 2. The number of nitrogens with zero attached hydrogens (tertiary/aromatic N) is 3. The lowest BCUT2D eigenvalue weighted by Gasteiger charge is -2.38. The van der Waals surface area contributed by atoms with Crippen LogP contribution in [0.15, 0.2) is 17.3 Å². The molecule has 1 aromatic rings. The molecule has 9 heteroatoms. The number of hydrogen-bond donors (Lipinski definition) is 0. The van der Waals surface area contributed by atoms with Gasteiger partial charge in [-0.05, 0) is 39.7 Å². The number of methoxy groups -OCH3 is 1. The summed E-state index contributed by atoms with van der Waals surface area (Å²) in [6.45, 7) is 6.03. The van der Waals surface area contributed by atoms with Gasteiger partial charge in [0.25, 0.3) is 0 Å². The smallest absolute Gasteiger partial charge is 0.410 e. The van der Waals surface area contributed by atoms with Gasteiger partial charge in [0, 0.05) is 25.5 Å². The van der Waals surface area contributed by atoms with Crippen LogP contribution in [0.5, 0.6) is 0 Å². The van der Waals surface area contributed by atoms with Crippen molar-refractivity contribution in [2.24, 2.45) is 0 Å². The van der Waals surface area contributed by atoms with Gasteiger partial charge in [-0.15, -0.1) is 0 Å². The zero-order valence-corrected chi connectivity index (χ0v) is 16.6. The number of esters is 1. The van der Waals surface area contributed by atoms with Crippen LogP contribution in [-0.4, -0.2) is 63.2 Å². The van der Waals surface area contributed by atoms with E-state index in [9.17, 15) is 13.8 Å². The molecule has 144 valence electrons. The maximum atomic E-state index is 12.6. The van der Waals surface area contributed by atoms with E-state index in [1.807, 2.05) is 0 Å². The second kappa shape index (κ2) is 7.69. The van der Waals surface area contributed by atoms with Crippen molar-refractivity contribution in [2.45, 2.75) is 49.7 Å². The first-order chi connectivity index (χ1) is 12.1. The zero-order chi connectivity index (χ0) is 19.5. The summed E-state index contributed by atoms with van der Waals surface area (Å²) in [6.07, 6.45) is 3.20. The fraction of sp³-hybridized carbons (Fsp3) is 0.647. The van der Waals surface area contributed by atoms with Crippen molar-refractivity contribution < 1.29 is 23.3 Å². The third kappa shape index (κ3) is 4.38. The lowest BCUT2D eigenvalue weighted by Crippen LogP contribution is -2.51. The average molecular weight is 383 g/mol. The molecule has 2 rings (SSSR count). The summed E-state index contributed by atoms with van der Waals surface area (Å²) in [5.41, 5.74) is -1.65. The van der Waals surface area contributed by atoms with Gasteiger partial charge in [-0.1, -0.05) is 0 Å². The van der Waals surface area contributed by atoms with Crippen molar-refractivity contribution in [1.82, 2.24) is 14.9 Å². The zero-order valence-electron chi connectivity index (χ0n) is 15.8. The molecule has 1 saturated heterocycles. The van der Waals surface area contributed by atoms with E-state index in [0.717, 1.165) is 0 Å². The Morgan fingerprint density at radius 3 is 2.38 bits per heavy atom. The number of likely N-dealkylation sites (tertiary alicyclic amines) is 1. The molecule has 26 heavy (non-hydrogen) atoms. The second-order valence-electron chi connectivity index (χ2n) is 7.21. The van der Waals surface area contributed by atoms with Gasteiger partial charge in [0.2, 0.25) is 0 Å². The molecule has 0 saturated carbocycles. The Morgan fingerprint density at radius 2 is 1.88 bits per heavy atom. The van der Waals surface area contributed by atoms with Crippen LogP contribution >= 0.6 is 0 Å². The van der Waals surface area contributed by atoms with Gasteiger partial charge in [-0.2, -0.15) is 0 Å². The first-order valence-corrected chi connectivity index (χ1v) is 9.88. The van der Waals surface area contributed by atoms with Gasteiger partial charge < -0.3 is 14.4 Å². The van der Waals surface area contributed by atoms with Crippen molar-refractivity contribution >= 4 is 22.9 Å². The van der Waals surface area contributed by atoms with E-state index < -0.39 is 33.9 Å². The van der Waals surface area contributed by atoms with Gasteiger partial charge in [0.05, 0.1) is 17.9 Å². The number of aromatic nitrogens is 2. The van der Waals surface area contributed by atoms with Crippen molar-refractivity contribution in [2.75, 3.05) is 26.5 Å². The second-order valence-corrected chi connectivity index (χ2v) is 8.54. The van der Waals surface area contributed by atoms with Gasteiger partial charge in [0.15, 0.2) is 0 Å². The number of carbonyl (C=O) groups excluding carboxylic acids is 2. The topological polar surface area (TPSA) is 98.7 Å². The third-order valence-electron chi connectivity index (χ3n) is 4.20. The molecule has 1 aliphatic heterocycles. The molecule has 0 spiro atoms. The molecule has 0 N–H and O–H groups in total. The Labute approximate surface area is 155 Å². The van der Waals surface area contributed by atoms with Crippen LogP contribution in [0.1, 0.15) is 39.4 Å². The molecule has 0 aromatic carbocycles. The first-order valence-electron chi connectivity index (χ1n) is 8.32. The summed E-state index contributed by atoms with van der Waals surface area (Å²) in [7, 11) is 0.0210. The molecule has 1 aliphatic rings. The van der Waals surface area contributed by atoms with E-state index in [1.165, 1.54) is 19.6 Å². The highest BCUT2D eigenvalue weighted by Gasteiger charge is 2.48. The quantitative estimate of drug-likeness (QED) is 0.578. The first kappa shape index (κ1) is 20.3. The van der Waals surface area contributed by atoms with Crippen LogP contribution in [0.4, 0.5) is 4.79 Å². The SMILES string of the molecule is COC(=O)C1(c2nccc(S(C)=O)n2)CCN(C(=O)OC(C)(C)C)CC1. The van der Waals surface area contributed by atoms with Crippen LogP contribution in [0.3, 0.4) is 0 Å². The lowest BCUT2D eigenvalue weighted by molar-refractivity contribution is -0.150. The summed E-state index contributed by atoms with van der Waals surface area (Å²) < 4.78 is 22.1. The molecular formula is C17H25N3O5S. The van der Waals surface area contributed by atoms with Crippen molar-refractivity contribution in [3.8, 4) is 0 Å². The standard InChI is InChI=1S/C17H25N3O5S/c1-16(2,3)25-15(22)20-10-7-17(8-11-20,14(21)24-4)13-18-9-6-12(19-13)26(5)23/h6,9H,7-8,10-11H2,1-5H3. The third-order valence-corrected chi connectivity index (χ3v) is 5.01. The molecule has 1 unspecified atom stereocenters. The number of piperidine rings is 1.